The van der Waals surface area contributed by atoms with Crippen LogP contribution in [0.5, 0.6) is 0 Å². The molecule has 1 heterocycles. The Morgan fingerprint density at radius 3 is 2.61 bits per heavy atom. The summed E-state index contributed by atoms with van der Waals surface area (Å²) in [4.78, 5) is 17.5. The first-order chi connectivity index (χ1) is 10.6. The van der Waals surface area contributed by atoms with Crippen molar-refractivity contribution in [2.75, 3.05) is 33.7 Å². The van der Waals surface area contributed by atoms with E-state index in [-0.39, 0.29) is 36.4 Å². The number of unbranched alkanes of at least 4 members (excludes halogenated alkanes) is 2. The molecule has 0 fully saturated rings. The zero-order valence-corrected chi connectivity index (χ0v) is 16.6. The lowest BCUT2D eigenvalue weighted by molar-refractivity contribution is -0.127. The van der Waals surface area contributed by atoms with E-state index in [1.807, 2.05) is 12.1 Å². The number of nitrogens with one attached hydrogen (secondary N) is 2. The highest BCUT2D eigenvalue weighted by atomic mass is 127. The van der Waals surface area contributed by atoms with Crippen molar-refractivity contribution in [3.63, 3.8) is 0 Å². The summed E-state index contributed by atoms with van der Waals surface area (Å²) in [6, 6.07) is 3.83. The van der Waals surface area contributed by atoms with Crippen LogP contribution < -0.4 is 10.6 Å². The average Bonchev–Trinajstić information content (AvgIpc) is 3.01. The molecular formula is C16H29IN4O2. The molecule has 0 aliphatic rings. The van der Waals surface area contributed by atoms with Gasteiger partial charge in [-0.3, -0.25) is 4.79 Å². The Balaban J connectivity index is 0.00000484. The van der Waals surface area contributed by atoms with E-state index < -0.39 is 0 Å². The van der Waals surface area contributed by atoms with Gasteiger partial charge >= 0.3 is 0 Å². The van der Waals surface area contributed by atoms with Gasteiger partial charge in [-0.05, 0) is 18.6 Å². The van der Waals surface area contributed by atoms with Gasteiger partial charge in [-0.25, -0.2) is 4.99 Å². The lowest BCUT2D eigenvalue weighted by Crippen LogP contribution is -2.40. The number of carbonyl (C=O) groups excluding carboxylic acids is 1. The largest absolute Gasteiger partial charge is 0.469 e. The van der Waals surface area contributed by atoms with Gasteiger partial charge in [0.15, 0.2) is 5.96 Å². The first-order valence-electron chi connectivity index (χ1n) is 7.88. The lowest BCUT2D eigenvalue weighted by Gasteiger charge is -2.13. The minimum atomic E-state index is -0.0132. The van der Waals surface area contributed by atoms with Crippen molar-refractivity contribution in [1.29, 1.82) is 0 Å². The first-order valence-corrected chi connectivity index (χ1v) is 7.88. The fourth-order valence-electron chi connectivity index (χ4n) is 1.80. The third-order valence-electron chi connectivity index (χ3n) is 3.19. The first kappa shape index (κ1) is 21.8. The summed E-state index contributed by atoms with van der Waals surface area (Å²) in [5.74, 6) is 1.60. The van der Waals surface area contributed by atoms with Crippen molar-refractivity contribution < 1.29 is 9.21 Å². The number of amides is 1. The molecule has 0 radical (unpaired) electrons. The van der Waals surface area contributed by atoms with Gasteiger partial charge in [0.2, 0.25) is 5.91 Å². The van der Waals surface area contributed by atoms with Crippen LogP contribution in [-0.4, -0.2) is 50.5 Å². The second kappa shape index (κ2) is 13.2. The molecule has 1 aromatic rings. The average molecular weight is 436 g/mol. The molecule has 23 heavy (non-hydrogen) atoms. The molecule has 0 saturated heterocycles. The second-order valence-corrected chi connectivity index (χ2v) is 5.34. The number of rotatable bonds is 9. The lowest BCUT2D eigenvalue weighted by atomic mass is 10.2. The van der Waals surface area contributed by atoms with Gasteiger partial charge in [0, 0.05) is 33.6 Å². The number of furan rings is 1. The van der Waals surface area contributed by atoms with E-state index in [9.17, 15) is 4.79 Å². The van der Waals surface area contributed by atoms with Gasteiger partial charge in [-0.2, -0.15) is 0 Å². The quantitative estimate of drug-likeness (QED) is 0.270. The van der Waals surface area contributed by atoms with Gasteiger partial charge in [0.1, 0.15) is 12.3 Å². The molecule has 0 atom stereocenters. The maximum atomic E-state index is 11.6. The molecule has 7 heteroatoms. The van der Waals surface area contributed by atoms with E-state index in [0.717, 1.165) is 25.1 Å². The number of likely N-dealkylation sites (N-methyl/N-ethyl adjacent to an activating group) is 1. The number of hydrogen-bond donors (Lipinski definition) is 2. The molecule has 0 saturated carbocycles. The van der Waals surface area contributed by atoms with Crippen LogP contribution in [0.15, 0.2) is 27.8 Å². The van der Waals surface area contributed by atoms with E-state index >= 15 is 0 Å². The maximum absolute atomic E-state index is 11.6. The molecular weight excluding hydrogens is 407 g/mol. The van der Waals surface area contributed by atoms with Crippen molar-refractivity contribution in [3.8, 4) is 0 Å². The molecule has 1 aromatic heterocycles. The summed E-state index contributed by atoms with van der Waals surface area (Å²) in [6.07, 6.45) is 5.91. The van der Waals surface area contributed by atoms with E-state index in [4.69, 9.17) is 4.42 Å². The highest BCUT2D eigenvalue weighted by Crippen LogP contribution is 1.99. The van der Waals surface area contributed by atoms with Crippen LogP contribution in [0.4, 0.5) is 0 Å². The zero-order valence-electron chi connectivity index (χ0n) is 14.3. The smallest absolute Gasteiger partial charge is 0.243 e. The third kappa shape index (κ3) is 10.2. The van der Waals surface area contributed by atoms with Crippen LogP contribution in [0.25, 0.3) is 0 Å². The monoisotopic (exact) mass is 436 g/mol. The summed E-state index contributed by atoms with van der Waals surface area (Å²) in [5, 5.41) is 6.50. The normalized spacial score (nSPS) is 10.8. The molecule has 0 spiro atoms. The van der Waals surface area contributed by atoms with Gasteiger partial charge in [-0.1, -0.05) is 19.8 Å². The Labute approximate surface area is 156 Å². The highest BCUT2D eigenvalue weighted by molar-refractivity contribution is 14.0. The van der Waals surface area contributed by atoms with Crippen LogP contribution in [0, 0.1) is 0 Å². The van der Waals surface area contributed by atoms with Gasteiger partial charge in [0.05, 0.1) is 6.26 Å². The predicted octanol–water partition coefficient (Wildman–Crippen LogP) is 2.25. The molecule has 0 bridgehead atoms. The fourth-order valence-corrected chi connectivity index (χ4v) is 1.80. The second-order valence-electron chi connectivity index (χ2n) is 5.34. The Morgan fingerprint density at radius 1 is 1.26 bits per heavy atom. The highest BCUT2D eigenvalue weighted by Gasteiger charge is 2.04. The Hall–Kier alpha value is -1.25. The maximum Gasteiger partial charge on any atom is 0.243 e. The standard InChI is InChI=1S/C16H28N4O2.HI/c1-4-5-6-10-17-16(19-13-15(21)20(2)3)18-11-9-14-8-7-12-22-14;/h7-8,12H,4-6,9-11,13H2,1-3H3,(H2,17,18,19);1H. The van der Waals surface area contributed by atoms with Gasteiger partial charge < -0.3 is 20.0 Å². The Kier molecular flexibility index (Phi) is 12.5. The van der Waals surface area contributed by atoms with Gasteiger partial charge in [0.25, 0.3) is 0 Å². The van der Waals surface area contributed by atoms with Crippen LogP contribution in [-0.2, 0) is 11.2 Å². The number of hydrogen-bond acceptors (Lipinski definition) is 3. The van der Waals surface area contributed by atoms with Gasteiger partial charge in [-0.15, -0.1) is 24.0 Å². The number of halogens is 1. The van der Waals surface area contributed by atoms with Crippen molar-refractivity contribution in [2.24, 2.45) is 4.99 Å². The number of guanidine groups is 1. The van der Waals surface area contributed by atoms with E-state index in [2.05, 4.69) is 22.5 Å². The number of carbonyl (C=O) groups is 1. The number of nitrogens with zero attached hydrogens (tertiary/aromatic N) is 2. The van der Waals surface area contributed by atoms with Crippen molar-refractivity contribution in [3.05, 3.63) is 24.2 Å². The summed E-state index contributed by atoms with van der Waals surface area (Å²) < 4.78 is 5.30. The molecule has 6 nitrogen and oxygen atoms in total. The molecule has 0 aromatic carbocycles. The summed E-state index contributed by atoms with van der Waals surface area (Å²) in [5.41, 5.74) is 0. The molecule has 1 rings (SSSR count). The SMILES string of the molecule is CCCCCNC(=NCC(=O)N(C)C)NCCc1ccco1.I. The third-order valence-corrected chi connectivity index (χ3v) is 3.19. The van der Waals surface area contributed by atoms with Crippen molar-refractivity contribution >= 4 is 35.8 Å². The summed E-state index contributed by atoms with van der Waals surface area (Å²) in [6.45, 7) is 3.89. The molecule has 1 amide bonds. The fraction of sp³-hybridized carbons (Fsp3) is 0.625. The molecule has 132 valence electrons. The minimum absolute atomic E-state index is 0. The van der Waals surface area contributed by atoms with Crippen LogP contribution >= 0.6 is 24.0 Å². The Morgan fingerprint density at radius 2 is 2.00 bits per heavy atom. The molecule has 0 aliphatic heterocycles. The van der Waals surface area contributed by atoms with E-state index in [1.165, 1.54) is 12.8 Å². The van der Waals surface area contributed by atoms with E-state index in [0.29, 0.717) is 12.5 Å². The summed E-state index contributed by atoms with van der Waals surface area (Å²) >= 11 is 0. The number of aliphatic imine (C=N–C) groups is 1. The molecule has 2 N–H and O–H groups in total. The minimum Gasteiger partial charge on any atom is -0.469 e. The topological polar surface area (TPSA) is 69.9 Å². The molecule has 0 aliphatic carbocycles. The van der Waals surface area contributed by atoms with Crippen LogP contribution in [0.3, 0.4) is 0 Å². The predicted molar refractivity (Wildman–Crippen MR) is 104 cm³/mol. The molecule has 0 unspecified atom stereocenters. The van der Waals surface area contributed by atoms with E-state index in [1.54, 1.807) is 25.3 Å². The van der Waals surface area contributed by atoms with Crippen LogP contribution in [0.2, 0.25) is 0 Å². The van der Waals surface area contributed by atoms with Crippen molar-refractivity contribution in [1.82, 2.24) is 15.5 Å². The van der Waals surface area contributed by atoms with Crippen LogP contribution in [0.1, 0.15) is 31.9 Å². The summed E-state index contributed by atoms with van der Waals surface area (Å²) in [7, 11) is 3.47. The van der Waals surface area contributed by atoms with Crippen molar-refractivity contribution in [2.45, 2.75) is 32.6 Å². The zero-order chi connectivity index (χ0) is 16.2. The Bertz CT molecular complexity index is 447.